The number of rotatable bonds is 5. The van der Waals surface area contributed by atoms with Crippen molar-refractivity contribution in [2.24, 2.45) is 5.73 Å². The minimum atomic E-state index is -0.645. The summed E-state index contributed by atoms with van der Waals surface area (Å²) in [5.74, 6) is -0.171. The van der Waals surface area contributed by atoms with Gasteiger partial charge < -0.3 is 11.1 Å². The van der Waals surface area contributed by atoms with Gasteiger partial charge in [-0.15, -0.1) is 0 Å². The summed E-state index contributed by atoms with van der Waals surface area (Å²) in [4.78, 5) is 12.1. The summed E-state index contributed by atoms with van der Waals surface area (Å²) in [6, 6.07) is 16.3. The third-order valence-electron chi connectivity index (χ3n) is 3.26. The lowest BCUT2D eigenvalue weighted by Crippen LogP contribution is -2.40. The first-order valence-corrected chi connectivity index (χ1v) is 7.29. The molecule has 1 amide bonds. The fourth-order valence-corrected chi connectivity index (χ4v) is 2.43. The van der Waals surface area contributed by atoms with E-state index in [0.29, 0.717) is 11.4 Å². The number of halogens is 1. The van der Waals surface area contributed by atoms with Crippen LogP contribution >= 0.6 is 11.6 Å². The first-order valence-electron chi connectivity index (χ1n) is 6.91. The van der Waals surface area contributed by atoms with Gasteiger partial charge in [-0.2, -0.15) is 0 Å². The number of nitrogens with two attached hydrogens (primary N) is 1. The van der Waals surface area contributed by atoms with Gasteiger partial charge in [0.05, 0.1) is 0 Å². The SMILES string of the molecule is CC(Cc1cccc(Cl)c1)NC(=O)[C@H](N)c1ccccc1. The molecule has 2 aromatic rings. The number of benzene rings is 2. The first-order chi connectivity index (χ1) is 10.1. The van der Waals surface area contributed by atoms with Gasteiger partial charge in [0, 0.05) is 11.1 Å². The zero-order chi connectivity index (χ0) is 15.2. The van der Waals surface area contributed by atoms with E-state index in [1.54, 1.807) is 0 Å². The maximum Gasteiger partial charge on any atom is 0.241 e. The van der Waals surface area contributed by atoms with Gasteiger partial charge in [0.1, 0.15) is 6.04 Å². The van der Waals surface area contributed by atoms with E-state index in [9.17, 15) is 4.79 Å². The summed E-state index contributed by atoms with van der Waals surface area (Å²) in [7, 11) is 0. The maximum absolute atomic E-state index is 12.1. The number of hydrogen-bond donors (Lipinski definition) is 2. The van der Waals surface area contributed by atoms with E-state index in [1.807, 2.05) is 61.5 Å². The molecule has 0 heterocycles. The zero-order valence-corrected chi connectivity index (χ0v) is 12.7. The van der Waals surface area contributed by atoms with E-state index in [2.05, 4.69) is 5.32 Å². The smallest absolute Gasteiger partial charge is 0.241 e. The highest BCUT2D eigenvalue weighted by atomic mass is 35.5. The second kappa shape index (κ2) is 7.25. The van der Waals surface area contributed by atoms with Crippen molar-refractivity contribution in [2.45, 2.75) is 25.4 Å². The van der Waals surface area contributed by atoms with Gasteiger partial charge in [-0.3, -0.25) is 4.79 Å². The van der Waals surface area contributed by atoms with Crippen LogP contribution in [0.15, 0.2) is 54.6 Å². The van der Waals surface area contributed by atoms with E-state index in [1.165, 1.54) is 0 Å². The molecular weight excluding hydrogens is 284 g/mol. The average Bonchev–Trinajstić information content (AvgIpc) is 2.47. The predicted molar refractivity (Wildman–Crippen MR) is 86.1 cm³/mol. The van der Waals surface area contributed by atoms with Crippen LogP contribution in [0.25, 0.3) is 0 Å². The molecule has 2 atom stereocenters. The Bertz CT molecular complexity index is 601. The lowest BCUT2D eigenvalue weighted by atomic mass is 10.0. The van der Waals surface area contributed by atoms with Crippen molar-refractivity contribution in [3.63, 3.8) is 0 Å². The molecule has 0 spiro atoms. The van der Waals surface area contributed by atoms with Crippen molar-refractivity contribution in [2.75, 3.05) is 0 Å². The molecule has 21 heavy (non-hydrogen) atoms. The van der Waals surface area contributed by atoms with Gasteiger partial charge in [0.25, 0.3) is 0 Å². The Kier molecular flexibility index (Phi) is 5.37. The van der Waals surface area contributed by atoms with Crippen LogP contribution in [-0.2, 0) is 11.2 Å². The molecule has 0 aliphatic carbocycles. The topological polar surface area (TPSA) is 55.1 Å². The normalized spacial score (nSPS) is 13.5. The number of carbonyl (C=O) groups excluding carboxylic acids is 1. The Balaban J connectivity index is 1.93. The van der Waals surface area contributed by atoms with Gasteiger partial charge in [0.15, 0.2) is 0 Å². The molecule has 3 N–H and O–H groups in total. The fourth-order valence-electron chi connectivity index (χ4n) is 2.21. The van der Waals surface area contributed by atoms with E-state index >= 15 is 0 Å². The molecule has 0 fully saturated rings. The molecule has 2 rings (SSSR count). The second-order valence-corrected chi connectivity index (χ2v) is 5.57. The Morgan fingerprint density at radius 2 is 1.90 bits per heavy atom. The van der Waals surface area contributed by atoms with Crippen LogP contribution in [0.1, 0.15) is 24.1 Å². The first kappa shape index (κ1) is 15.5. The molecule has 0 bridgehead atoms. The maximum atomic E-state index is 12.1. The van der Waals surface area contributed by atoms with Gasteiger partial charge in [0.2, 0.25) is 5.91 Å². The summed E-state index contributed by atoms with van der Waals surface area (Å²) < 4.78 is 0. The van der Waals surface area contributed by atoms with Crippen molar-refractivity contribution in [1.82, 2.24) is 5.32 Å². The summed E-state index contributed by atoms with van der Waals surface area (Å²) in [5, 5.41) is 3.64. The fraction of sp³-hybridized carbons (Fsp3) is 0.235. The highest BCUT2D eigenvalue weighted by molar-refractivity contribution is 6.30. The monoisotopic (exact) mass is 302 g/mol. The quantitative estimate of drug-likeness (QED) is 0.892. The molecule has 3 nitrogen and oxygen atoms in total. The molecule has 1 unspecified atom stereocenters. The Morgan fingerprint density at radius 1 is 1.19 bits per heavy atom. The van der Waals surface area contributed by atoms with Crippen LogP contribution in [0.2, 0.25) is 5.02 Å². The van der Waals surface area contributed by atoms with Gasteiger partial charge in [-0.1, -0.05) is 54.1 Å². The van der Waals surface area contributed by atoms with Crippen LogP contribution in [0, 0.1) is 0 Å². The van der Waals surface area contributed by atoms with Crippen molar-refractivity contribution in [3.8, 4) is 0 Å². The highest BCUT2D eigenvalue weighted by Crippen LogP contribution is 2.13. The number of nitrogens with one attached hydrogen (secondary N) is 1. The van der Waals surface area contributed by atoms with Crippen LogP contribution < -0.4 is 11.1 Å². The summed E-state index contributed by atoms with van der Waals surface area (Å²) in [6.07, 6.45) is 0.716. The van der Waals surface area contributed by atoms with Crippen LogP contribution in [0.5, 0.6) is 0 Å². The molecule has 0 aromatic heterocycles. The lowest BCUT2D eigenvalue weighted by molar-refractivity contribution is -0.123. The zero-order valence-electron chi connectivity index (χ0n) is 11.9. The van der Waals surface area contributed by atoms with Crippen molar-refractivity contribution >= 4 is 17.5 Å². The van der Waals surface area contributed by atoms with E-state index in [-0.39, 0.29) is 11.9 Å². The standard InChI is InChI=1S/C17H19ClN2O/c1-12(10-13-6-5-9-15(18)11-13)20-17(21)16(19)14-7-3-2-4-8-14/h2-9,11-12,16H,10,19H2,1H3,(H,20,21)/t12?,16-/m1/s1. The van der Waals surface area contributed by atoms with Crippen molar-refractivity contribution in [1.29, 1.82) is 0 Å². The lowest BCUT2D eigenvalue weighted by Gasteiger charge is -2.18. The second-order valence-electron chi connectivity index (χ2n) is 5.13. The molecule has 0 radical (unpaired) electrons. The molecule has 0 saturated carbocycles. The minimum Gasteiger partial charge on any atom is -0.352 e. The van der Waals surface area contributed by atoms with Crippen LogP contribution in [-0.4, -0.2) is 11.9 Å². The van der Waals surface area contributed by atoms with Crippen LogP contribution in [0.4, 0.5) is 0 Å². The Morgan fingerprint density at radius 3 is 2.57 bits per heavy atom. The average molecular weight is 303 g/mol. The minimum absolute atomic E-state index is 0.00858. The van der Waals surface area contributed by atoms with Gasteiger partial charge in [-0.05, 0) is 36.6 Å². The molecule has 2 aromatic carbocycles. The van der Waals surface area contributed by atoms with E-state index < -0.39 is 6.04 Å². The molecule has 0 aliphatic heterocycles. The number of amides is 1. The van der Waals surface area contributed by atoms with Crippen molar-refractivity contribution < 1.29 is 4.79 Å². The molecule has 4 heteroatoms. The highest BCUT2D eigenvalue weighted by Gasteiger charge is 2.17. The summed E-state index contributed by atoms with van der Waals surface area (Å²) in [6.45, 7) is 1.95. The number of hydrogen-bond acceptors (Lipinski definition) is 2. The molecular formula is C17H19ClN2O. The molecule has 0 saturated heterocycles. The van der Waals surface area contributed by atoms with Gasteiger partial charge >= 0.3 is 0 Å². The predicted octanol–water partition coefficient (Wildman–Crippen LogP) is 3.09. The summed E-state index contributed by atoms with van der Waals surface area (Å²) >= 11 is 5.96. The van der Waals surface area contributed by atoms with Crippen LogP contribution in [0.3, 0.4) is 0 Å². The third kappa shape index (κ3) is 4.59. The molecule has 110 valence electrons. The molecule has 0 aliphatic rings. The van der Waals surface area contributed by atoms with Gasteiger partial charge in [-0.25, -0.2) is 0 Å². The third-order valence-corrected chi connectivity index (χ3v) is 3.50. The Hall–Kier alpha value is -1.84. The number of carbonyl (C=O) groups is 1. The summed E-state index contributed by atoms with van der Waals surface area (Å²) in [5.41, 5.74) is 7.87. The van der Waals surface area contributed by atoms with Crippen molar-refractivity contribution in [3.05, 3.63) is 70.7 Å². The largest absolute Gasteiger partial charge is 0.352 e. The van der Waals surface area contributed by atoms with E-state index in [4.69, 9.17) is 17.3 Å². The Labute approximate surface area is 130 Å². The van der Waals surface area contributed by atoms with E-state index in [0.717, 1.165) is 11.1 Å².